The van der Waals surface area contributed by atoms with Gasteiger partial charge in [-0.05, 0) is 35.7 Å². The third-order valence-electron chi connectivity index (χ3n) is 3.29. The van der Waals surface area contributed by atoms with Gasteiger partial charge in [-0.2, -0.15) is 0 Å². The van der Waals surface area contributed by atoms with E-state index in [9.17, 15) is 5.11 Å². The van der Waals surface area contributed by atoms with Crippen molar-refractivity contribution in [2.45, 2.75) is 6.92 Å². The van der Waals surface area contributed by atoms with Gasteiger partial charge in [0, 0.05) is 12.4 Å². The Morgan fingerprint density at radius 2 is 1.48 bits per heavy atom. The van der Waals surface area contributed by atoms with Gasteiger partial charge in [-0.25, -0.2) is 0 Å². The van der Waals surface area contributed by atoms with Crippen LogP contribution in [-0.2, 0) is 0 Å². The molecular formula is C17H19N2OP. The van der Waals surface area contributed by atoms with Gasteiger partial charge in [-0.15, -0.1) is 9.24 Å². The highest BCUT2D eigenvalue weighted by Gasteiger charge is 2.06. The van der Waals surface area contributed by atoms with Crippen molar-refractivity contribution in [1.82, 2.24) is 5.32 Å². The first-order valence-corrected chi connectivity index (χ1v) is 7.23. The van der Waals surface area contributed by atoms with Gasteiger partial charge in [0.05, 0.1) is 11.4 Å². The average molecular weight is 298 g/mol. The first kappa shape index (κ1) is 15.3. The second-order valence-corrected chi connectivity index (χ2v) is 5.37. The van der Waals surface area contributed by atoms with Crippen molar-refractivity contribution in [3.05, 3.63) is 59.8 Å². The molecule has 0 aliphatic carbocycles. The average Bonchev–Trinajstić information content (AvgIpc) is 2.48. The monoisotopic (exact) mass is 298 g/mol. The standard InChI is InChI=1S/C17H19N2OP/c1-11(18)16(19-2)17(21)14-5-3-12(4-6-14)13-7-9-15(20)10-8-13/h3-10,18-20H,21H2,1-2H3/b17-16+,18-11?. The van der Waals surface area contributed by atoms with E-state index in [2.05, 4.69) is 14.6 Å². The molecule has 4 heteroatoms. The Balaban J connectivity index is 2.35. The summed E-state index contributed by atoms with van der Waals surface area (Å²) in [6, 6.07) is 15.3. The predicted octanol–water partition coefficient (Wildman–Crippen LogP) is 3.86. The molecule has 108 valence electrons. The summed E-state index contributed by atoms with van der Waals surface area (Å²) in [6.45, 7) is 1.76. The maximum atomic E-state index is 9.32. The molecule has 2 aromatic carbocycles. The Morgan fingerprint density at radius 3 is 1.90 bits per heavy atom. The Morgan fingerprint density at radius 1 is 1.00 bits per heavy atom. The zero-order valence-electron chi connectivity index (χ0n) is 12.1. The first-order chi connectivity index (χ1) is 10.0. The first-order valence-electron chi connectivity index (χ1n) is 6.66. The summed E-state index contributed by atoms with van der Waals surface area (Å²) in [5.41, 5.74) is 4.53. The molecule has 1 unspecified atom stereocenters. The Bertz CT molecular complexity index is 673. The second-order valence-electron chi connectivity index (χ2n) is 4.79. The van der Waals surface area contributed by atoms with Crippen LogP contribution in [0.3, 0.4) is 0 Å². The second kappa shape index (κ2) is 6.55. The third kappa shape index (κ3) is 3.50. The normalized spacial score (nSPS) is 11.8. The number of allylic oxidation sites excluding steroid dienone is 1. The van der Waals surface area contributed by atoms with Gasteiger partial charge in [0.2, 0.25) is 0 Å². The fraction of sp³-hybridized carbons (Fsp3) is 0.118. The smallest absolute Gasteiger partial charge is 0.115 e. The summed E-state index contributed by atoms with van der Waals surface area (Å²) >= 11 is 0. The van der Waals surface area contributed by atoms with Gasteiger partial charge in [0.15, 0.2) is 0 Å². The Kier molecular flexibility index (Phi) is 4.77. The lowest BCUT2D eigenvalue weighted by atomic mass is 10.0. The van der Waals surface area contributed by atoms with Crippen LogP contribution in [0.2, 0.25) is 0 Å². The molecule has 0 fully saturated rings. The van der Waals surface area contributed by atoms with Crippen LogP contribution in [0.4, 0.5) is 0 Å². The maximum Gasteiger partial charge on any atom is 0.115 e. The maximum absolute atomic E-state index is 9.32. The minimum atomic E-state index is 0.269. The fourth-order valence-corrected chi connectivity index (χ4v) is 2.72. The number of hydrogen-bond donors (Lipinski definition) is 3. The Hall–Kier alpha value is -2.12. The van der Waals surface area contributed by atoms with Gasteiger partial charge in [0.25, 0.3) is 0 Å². The number of hydrogen-bond acceptors (Lipinski definition) is 3. The van der Waals surface area contributed by atoms with Gasteiger partial charge >= 0.3 is 0 Å². The van der Waals surface area contributed by atoms with Crippen LogP contribution in [0.15, 0.2) is 54.2 Å². The van der Waals surface area contributed by atoms with Crippen molar-refractivity contribution in [3.63, 3.8) is 0 Å². The van der Waals surface area contributed by atoms with Crippen molar-refractivity contribution in [2.24, 2.45) is 0 Å². The highest BCUT2D eigenvalue weighted by atomic mass is 31.0. The number of phenols is 1. The topological polar surface area (TPSA) is 56.1 Å². The van der Waals surface area contributed by atoms with E-state index in [1.54, 1.807) is 19.1 Å². The zero-order chi connectivity index (χ0) is 15.4. The molecule has 2 rings (SSSR count). The van der Waals surface area contributed by atoms with E-state index in [1.807, 2.05) is 43.4 Å². The molecule has 0 aliphatic rings. The largest absolute Gasteiger partial charge is 0.508 e. The van der Waals surface area contributed by atoms with Gasteiger partial charge in [-0.3, -0.25) is 0 Å². The molecule has 2 aromatic rings. The summed E-state index contributed by atoms with van der Waals surface area (Å²) in [5.74, 6) is 0.269. The Labute approximate surface area is 127 Å². The zero-order valence-corrected chi connectivity index (χ0v) is 13.3. The molecular weight excluding hydrogens is 279 g/mol. The molecule has 0 bridgehead atoms. The van der Waals surface area contributed by atoms with Crippen LogP contribution in [0.5, 0.6) is 5.75 Å². The van der Waals surface area contributed by atoms with Crippen LogP contribution in [0.25, 0.3) is 16.4 Å². The lowest BCUT2D eigenvalue weighted by molar-refractivity contribution is 0.475. The highest BCUT2D eigenvalue weighted by Crippen LogP contribution is 2.28. The lowest BCUT2D eigenvalue weighted by Gasteiger charge is -2.11. The van der Waals surface area contributed by atoms with Crippen LogP contribution in [0, 0.1) is 5.41 Å². The number of benzene rings is 2. The van der Waals surface area contributed by atoms with Crippen molar-refractivity contribution in [1.29, 1.82) is 5.41 Å². The summed E-state index contributed by atoms with van der Waals surface area (Å²) in [5, 5.41) is 21.1. The quantitative estimate of drug-likeness (QED) is 0.593. The van der Waals surface area contributed by atoms with Crippen molar-refractivity contribution in [2.75, 3.05) is 7.05 Å². The number of phenolic OH excluding ortho intramolecular Hbond substituents is 1. The third-order valence-corrected chi connectivity index (χ3v) is 3.91. The van der Waals surface area contributed by atoms with E-state index in [1.165, 1.54) is 0 Å². The van der Waals surface area contributed by atoms with Crippen LogP contribution in [-0.4, -0.2) is 17.9 Å². The van der Waals surface area contributed by atoms with Crippen molar-refractivity contribution < 1.29 is 5.11 Å². The molecule has 0 saturated carbocycles. The van der Waals surface area contributed by atoms with Crippen molar-refractivity contribution in [3.8, 4) is 16.9 Å². The molecule has 0 aromatic heterocycles. The van der Waals surface area contributed by atoms with Crippen LogP contribution < -0.4 is 5.32 Å². The fourth-order valence-electron chi connectivity index (χ4n) is 2.16. The summed E-state index contributed by atoms with van der Waals surface area (Å²) in [6.07, 6.45) is 0. The SMILES string of the molecule is CN/C(C(C)=N)=C(/P)c1ccc(-c2ccc(O)cc2)cc1. The number of rotatable bonds is 4. The summed E-state index contributed by atoms with van der Waals surface area (Å²) < 4.78 is 0. The number of nitrogens with one attached hydrogen (secondary N) is 2. The van der Waals surface area contributed by atoms with E-state index >= 15 is 0 Å². The molecule has 0 amide bonds. The highest BCUT2D eigenvalue weighted by molar-refractivity contribution is 7.31. The summed E-state index contributed by atoms with van der Waals surface area (Å²) in [7, 11) is 4.52. The van der Waals surface area contributed by atoms with E-state index < -0.39 is 0 Å². The van der Waals surface area contributed by atoms with Crippen LogP contribution in [0.1, 0.15) is 12.5 Å². The van der Waals surface area contributed by atoms with Gasteiger partial charge < -0.3 is 15.8 Å². The minimum Gasteiger partial charge on any atom is -0.508 e. The summed E-state index contributed by atoms with van der Waals surface area (Å²) in [4.78, 5) is 0. The van der Waals surface area contributed by atoms with Crippen molar-refractivity contribution >= 4 is 20.3 Å². The molecule has 3 N–H and O–H groups in total. The molecule has 0 saturated heterocycles. The molecule has 0 radical (unpaired) electrons. The molecule has 0 spiro atoms. The molecule has 0 heterocycles. The van der Waals surface area contributed by atoms with E-state index in [0.717, 1.165) is 27.7 Å². The van der Waals surface area contributed by atoms with E-state index in [0.29, 0.717) is 5.71 Å². The van der Waals surface area contributed by atoms with Crippen LogP contribution >= 0.6 is 9.24 Å². The minimum absolute atomic E-state index is 0.269. The lowest BCUT2D eigenvalue weighted by Crippen LogP contribution is -2.13. The van der Waals surface area contributed by atoms with Gasteiger partial charge in [-0.1, -0.05) is 36.4 Å². The number of aromatic hydroxyl groups is 1. The molecule has 1 atom stereocenters. The molecule has 3 nitrogen and oxygen atoms in total. The molecule has 21 heavy (non-hydrogen) atoms. The predicted molar refractivity (Wildman–Crippen MR) is 92.6 cm³/mol. The van der Waals surface area contributed by atoms with Gasteiger partial charge in [0.1, 0.15) is 5.75 Å². The molecule has 0 aliphatic heterocycles. The van der Waals surface area contributed by atoms with E-state index in [4.69, 9.17) is 5.41 Å². The van der Waals surface area contributed by atoms with E-state index in [-0.39, 0.29) is 5.75 Å².